The summed E-state index contributed by atoms with van der Waals surface area (Å²) >= 11 is 0. The molecule has 172 valence electrons. The summed E-state index contributed by atoms with van der Waals surface area (Å²) in [6, 6.07) is 0.860. The van der Waals surface area contributed by atoms with Crippen LogP contribution in [-0.2, 0) is 4.74 Å². The van der Waals surface area contributed by atoms with Gasteiger partial charge in [0, 0.05) is 32.3 Å². The van der Waals surface area contributed by atoms with Crippen LogP contribution in [0.2, 0.25) is 0 Å². The highest BCUT2D eigenvalue weighted by Crippen LogP contribution is 2.32. The third-order valence-electron chi connectivity index (χ3n) is 7.34. The fraction of sp³-hybridized carbons (Fsp3) is 1.00. The summed E-state index contributed by atoms with van der Waals surface area (Å²) < 4.78 is 6.00. The van der Waals surface area contributed by atoms with Crippen molar-refractivity contribution < 1.29 is 4.74 Å². The molecule has 3 heteroatoms. The summed E-state index contributed by atoms with van der Waals surface area (Å²) in [4.78, 5) is 2.85. The van der Waals surface area contributed by atoms with E-state index in [2.05, 4.69) is 24.1 Å². The number of hydrogen-bond donors (Lipinski definition) is 1. The van der Waals surface area contributed by atoms with Gasteiger partial charge in [0.15, 0.2) is 0 Å². The first-order valence-electron chi connectivity index (χ1n) is 13.4. The number of nitrogens with one attached hydrogen (secondary N) is 1. The molecule has 0 saturated carbocycles. The fourth-order valence-electron chi connectivity index (χ4n) is 5.24. The van der Waals surface area contributed by atoms with Crippen LogP contribution in [0.15, 0.2) is 0 Å². The second-order valence-corrected chi connectivity index (χ2v) is 9.85. The fourth-order valence-corrected chi connectivity index (χ4v) is 5.24. The molecule has 0 aliphatic carbocycles. The molecule has 2 heterocycles. The molecule has 0 aromatic rings. The first kappa shape index (κ1) is 25.1. The molecule has 0 radical (unpaired) electrons. The normalized spacial score (nSPS) is 22.7. The maximum Gasteiger partial charge on any atom is 0.0591 e. The Labute approximate surface area is 182 Å². The van der Waals surface area contributed by atoms with E-state index < -0.39 is 0 Å². The van der Waals surface area contributed by atoms with E-state index in [0.29, 0.717) is 0 Å². The van der Waals surface area contributed by atoms with Gasteiger partial charge in [0.1, 0.15) is 0 Å². The Morgan fingerprint density at radius 3 is 2.10 bits per heavy atom. The molecule has 3 nitrogen and oxygen atoms in total. The lowest BCUT2D eigenvalue weighted by Gasteiger charge is -2.48. The van der Waals surface area contributed by atoms with E-state index in [1.54, 1.807) is 0 Å². The van der Waals surface area contributed by atoms with E-state index in [9.17, 15) is 0 Å². The molecule has 29 heavy (non-hydrogen) atoms. The lowest BCUT2D eigenvalue weighted by molar-refractivity contribution is -0.0228. The highest BCUT2D eigenvalue weighted by Gasteiger charge is 2.36. The van der Waals surface area contributed by atoms with E-state index >= 15 is 0 Å². The Morgan fingerprint density at radius 2 is 1.45 bits per heavy atom. The van der Waals surface area contributed by atoms with E-state index in [1.807, 2.05) is 0 Å². The molecule has 1 atom stereocenters. The van der Waals surface area contributed by atoms with Gasteiger partial charge in [0.05, 0.1) is 6.61 Å². The zero-order valence-corrected chi connectivity index (χ0v) is 19.9. The van der Waals surface area contributed by atoms with Gasteiger partial charge in [-0.1, -0.05) is 84.5 Å². The molecule has 1 N–H and O–H groups in total. The van der Waals surface area contributed by atoms with Crippen molar-refractivity contribution in [3.63, 3.8) is 0 Å². The topological polar surface area (TPSA) is 24.5 Å². The molecule has 0 amide bonds. The maximum atomic E-state index is 6.00. The minimum Gasteiger partial charge on any atom is -0.380 e. The summed E-state index contributed by atoms with van der Waals surface area (Å²) in [6.07, 6.45) is 21.2. The molecule has 2 aliphatic rings. The zero-order chi connectivity index (χ0) is 20.6. The quantitative estimate of drug-likeness (QED) is 0.336. The third kappa shape index (κ3) is 10.6. The van der Waals surface area contributed by atoms with E-state index in [0.717, 1.165) is 37.6 Å². The van der Waals surface area contributed by atoms with Crippen LogP contribution in [0, 0.1) is 11.8 Å². The number of hydrogen-bond acceptors (Lipinski definition) is 3. The van der Waals surface area contributed by atoms with Gasteiger partial charge in [-0.3, -0.25) is 4.90 Å². The molecule has 2 saturated heterocycles. The second-order valence-electron chi connectivity index (χ2n) is 9.85. The van der Waals surface area contributed by atoms with Crippen molar-refractivity contribution in [3.8, 4) is 0 Å². The van der Waals surface area contributed by atoms with Crippen molar-refractivity contribution in [1.29, 1.82) is 0 Å². The number of nitrogens with zero attached hydrogens (tertiary/aromatic N) is 1. The van der Waals surface area contributed by atoms with E-state index in [-0.39, 0.29) is 0 Å². The Bertz CT molecular complexity index is 346. The summed E-state index contributed by atoms with van der Waals surface area (Å²) in [6.45, 7) is 11.4. The SMILES string of the molecule is CCCCCCCC(CCCCCCC)N1CC(C2CCCCNCCOC2)C1. The van der Waals surface area contributed by atoms with Crippen molar-refractivity contribution in [3.05, 3.63) is 0 Å². The Kier molecular flexibility index (Phi) is 14.4. The standard InChI is InChI=1S/C26H52N2O/c1-3-5-7-9-11-16-26(17-12-10-8-6-4-2)28-21-25(22-28)24-15-13-14-18-27-19-20-29-23-24/h24-27H,3-23H2,1-2H3. The Balaban J connectivity index is 1.72. The van der Waals surface area contributed by atoms with Crippen LogP contribution >= 0.6 is 0 Å². The van der Waals surface area contributed by atoms with Crippen molar-refractivity contribution in [2.24, 2.45) is 11.8 Å². The number of rotatable bonds is 14. The van der Waals surface area contributed by atoms with E-state index in [1.165, 1.54) is 116 Å². The average Bonchev–Trinajstić information content (AvgIpc) is 2.70. The van der Waals surface area contributed by atoms with Crippen LogP contribution in [0.3, 0.4) is 0 Å². The molecule has 2 fully saturated rings. The lowest BCUT2D eigenvalue weighted by Crippen LogP contribution is -2.55. The minimum absolute atomic E-state index is 0.805. The highest BCUT2D eigenvalue weighted by molar-refractivity contribution is 4.89. The van der Waals surface area contributed by atoms with E-state index in [4.69, 9.17) is 4.74 Å². The van der Waals surface area contributed by atoms with Crippen molar-refractivity contribution in [1.82, 2.24) is 10.2 Å². The van der Waals surface area contributed by atoms with Crippen LogP contribution < -0.4 is 5.32 Å². The minimum atomic E-state index is 0.805. The van der Waals surface area contributed by atoms with Crippen LogP contribution in [0.4, 0.5) is 0 Å². The first-order chi connectivity index (χ1) is 14.3. The van der Waals surface area contributed by atoms with Gasteiger partial charge in [-0.2, -0.15) is 0 Å². The van der Waals surface area contributed by atoms with Gasteiger partial charge in [-0.25, -0.2) is 0 Å². The average molecular weight is 409 g/mol. The van der Waals surface area contributed by atoms with Gasteiger partial charge >= 0.3 is 0 Å². The maximum absolute atomic E-state index is 6.00. The summed E-state index contributed by atoms with van der Waals surface area (Å²) in [5, 5.41) is 3.48. The van der Waals surface area contributed by atoms with Gasteiger partial charge < -0.3 is 10.1 Å². The summed E-state index contributed by atoms with van der Waals surface area (Å²) in [5.74, 6) is 1.70. The summed E-state index contributed by atoms with van der Waals surface area (Å²) in [5.41, 5.74) is 0. The molecule has 0 spiro atoms. The van der Waals surface area contributed by atoms with Gasteiger partial charge in [0.2, 0.25) is 0 Å². The molecule has 1 unspecified atom stereocenters. The van der Waals surface area contributed by atoms with Gasteiger partial charge in [-0.05, 0) is 44.1 Å². The number of likely N-dealkylation sites (tertiary alicyclic amines) is 1. The number of unbranched alkanes of at least 4 members (excludes halogenated alkanes) is 8. The van der Waals surface area contributed by atoms with Gasteiger partial charge in [0.25, 0.3) is 0 Å². The summed E-state index contributed by atoms with van der Waals surface area (Å²) in [7, 11) is 0. The highest BCUT2D eigenvalue weighted by atomic mass is 16.5. The zero-order valence-electron chi connectivity index (χ0n) is 19.9. The third-order valence-corrected chi connectivity index (χ3v) is 7.34. The predicted octanol–water partition coefficient (Wildman–Crippen LogP) is 6.41. The van der Waals surface area contributed by atoms with Crippen LogP contribution in [-0.4, -0.2) is 50.3 Å². The second kappa shape index (κ2) is 16.6. The molecule has 2 rings (SSSR count). The van der Waals surface area contributed by atoms with Crippen molar-refractivity contribution >= 4 is 0 Å². The molecular formula is C26H52N2O. The van der Waals surface area contributed by atoms with Crippen molar-refractivity contribution in [2.45, 2.75) is 116 Å². The van der Waals surface area contributed by atoms with Crippen LogP contribution in [0.1, 0.15) is 110 Å². The largest absolute Gasteiger partial charge is 0.380 e. The predicted molar refractivity (Wildman–Crippen MR) is 127 cm³/mol. The molecule has 2 aliphatic heterocycles. The Hall–Kier alpha value is -0.120. The monoisotopic (exact) mass is 408 g/mol. The lowest BCUT2D eigenvalue weighted by atomic mass is 9.81. The van der Waals surface area contributed by atoms with Crippen molar-refractivity contribution in [2.75, 3.05) is 39.4 Å². The molecular weight excluding hydrogens is 356 g/mol. The first-order valence-corrected chi connectivity index (χ1v) is 13.4. The number of ether oxygens (including phenoxy) is 1. The smallest absolute Gasteiger partial charge is 0.0591 e. The molecule has 0 aromatic heterocycles. The van der Waals surface area contributed by atoms with Gasteiger partial charge in [-0.15, -0.1) is 0 Å². The molecule has 0 bridgehead atoms. The van der Waals surface area contributed by atoms with Crippen LogP contribution in [0.25, 0.3) is 0 Å². The Morgan fingerprint density at radius 1 is 0.793 bits per heavy atom. The molecule has 0 aromatic carbocycles. The van der Waals surface area contributed by atoms with Crippen LogP contribution in [0.5, 0.6) is 0 Å².